The SMILES string of the molecule is CCOc1ccc(-c2c(C)sc3ncnc(Nc4ccc(F)cc4)c23)cc1. The van der Waals surface area contributed by atoms with E-state index < -0.39 is 0 Å². The summed E-state index contributed by atoms with van der Waals surface area (Å²) in [4.78, 5) is 10.9. The predicted octanol–water partition coefficient (Wildman–Crippen LogP) is 5.95. The summed E-state index contributed by atoms with van der Waals surface area (Å²) in [6.45, 7) is 4.69. The smallest absolute Gasteiger partial charge is 0.143 e. The Morgan fingerprint density at radius 2 is 1.78 bits per heavy atom. The van der Waals surface area contributed by atoms with Gasteiger partial charge in [-0.1, -0.05) is 12.1 Å². The lowest BCUT2D eigenvalue weighted by molar-refractivity contribution is 0.340. The number of halogens is 1. The molecule has 0 unspecified atom stereocenters. The van der Waals surface area contributed by atoms with Crippen molar-refractivity contribution in [3.63, 3.8) is 0 Å². The number of hydrogen-bond acceptors (Lipinski definition) is 5. The number of nitrogens with one attached hydrogen (secondary N) is 1. The van der Waals surface area contributed by atoms with Crippen molar-refractivity contribution in [2.45, 2.75) is 13.8 Å². The van der Waals surface area contributed by atoms with E-state index in [9.17, 15) is 4.39 Å². The molecule has 0 fully saturated rings. The first-order valence-corrected chi connectivity index (χ1v) is 9.47. The highest BCUT2D eigenvalue weighted by Crippen LogP contribution is 2.41. The summed E-state index contributed by atoms with van der Waals surface area (Å²) < 4.78 is 18.7. The lowest BCUT2D eigenvalue weighted by Crippen LogP contribution is -1.96. The number of aryl methyl sites for hydroxylation is 1. The van der Waals surface area contributed by atoms with Gasteiger partial charge in [0.15, 0.2) is 0 Å². The van der Waals surface area contributed by atoms with E-state index in [2.05, 4.69) is 22.2 Å². The molecule has 0 saturated carbocycles. The van der Waals surface area contributed by atoms with Crippen LogP contribution in [-0.4, -0.2) is 16.6 Å². The average Bonchev–Trinajstić information content (AvgIpc) is 3.01. The summed E-state index contributed by atoms with van der Waals surface area (Å²) >= 11 is 1.63. The van der Waals surface area contributed by atoms with Gasteiger partial charge in [0.2, 0.25) is 0 Å². The van der Waals surface area contributed by atoms with Gasteiger partial charge in [0, 0.05) is 16.1 Å². The Balaban J connectivity index is 1.80. The molecule has 0 saturated heterocycles. The Morgan fingerprint density at radius 3 is 2.48 bits per heavy atom. The molecule has 1 N–H and O–H groups in total. The summed E-state index contributed by atoms with van der Waals surface area (Å²) in [7, 11) is 0. The Kier molecular flexibility index (Phi) is 4.73. The second-order valence-electron chi connectivity index (χ2n) is 6.02. The molecule has 2 aromatic heterocycles. The molecule has 4 aromatic rings. The van der Waals surface area contributed by atoms with Gasteiger partial charge in [-0.3, -0.25) is 0 Å². The van der Waals surface area contributed by atoms with Crippen LogP contribution >= 0.6 is 11.3 Å². The average molecular weight is 379 g/mol. The molecule has 0 bridgehead atoms. The van der Waals surface area contributed by atoms with Gasteiger partial charge in [0.05, 0.1) is 12.0 Å². The van der Waals surface area contributed by atoms with Crippen LogP contribution < -0.4 is 10.1 Å². The van der Waals surface area contributed by atoms with E-state index in [-0.39, 0.29) is 5.82 Å². The highest BCUT2D eigenvalue weighted by atomic mass is 32.1. The third kappa shape index (κ3) is 3.48. The standard InChI is InChI=1S/C21H18FN3OS/c1-3-26-17-10-4-14(5-11-17)18-13(2)27-21-19(18)20(23-12-24-21)25-16-8-6-15(22)7-9-16/h4-12H,3H2,1-2H3,(H,23,24,25). The van der Waals surface area contributed by atoms with Crippen molar-refractivity contribution >= 4 is 33.1 Å². The van der Waals surface area contributed by atoms with E-state index in [1.54, 1.807) is 29.8 Å². The molecule has 0 spiro atoms. The monoisotopic (exact) mass is 379 g/mol. The van der Waals surface area contributed by atoms with Crippen molar-refractivity contribution in [1.82, 2.24) is 9.97 Å². The molecule has 6 heteroatoms. The highest BCUT2D eigenvalue weighted by molar-refractivity contribution is 7.19. The van der Waals surface area contributed by atoms with Gasteiger partial charge in [-0.2, -0.15) is 0 Å². The van der Waals surface area contributed by atoms with Crippen LogP contribution in [0.1, 0.15) is 11.8 Å². The van der Waals surface area contributed by atoms with Crippen LogP contribution in [0.15, 0.2) is 54.9 Å². The first-order chi connectivity index (χ1) is 13.2. The Labute approximate surface area is 160 Å². The fraction of sp³-hybridized carbons (Fsp3) is 0.143. The van der Waals surface area contributed by atoms with Crippen LogP contribution in [0.4, 0.5) is 15.9 Å². The summed E-state index contributed by atoms with van der Waals surface area (Å²) in [5.41, 5.74) is 2.96. The quantitative estimate of drug-likeness (QED) is 0.465. The molecule has 0 aliphatic carbocycles. The fourth-order valence-corrected chi connectivity index (χ4v) is 4.05. The first-order valence-electron chi connectivity index (χ1n) is 8.65. The van der Waals surface area contributed by atoms with Crippen molar-refractivity contribution < 1.29 is 9.13 Å². The second-order valence-corrected chi connectivity index (χ2v) is 7.23. The number of nitrogens with zero attached hydrogens (tertiary/aromatic N) is 2. The van der Waals surface area contributed by atoms with Gasteiger partial charge in [-0.15, -0.1) is 11.3 Å². The Morgan fingerprint density at radius 1 is 1.04 bits per heavy atom. The minimum Gasteiger partial charge on any atom is -0.494 e. The van der Waals surface area contributed by atoms with Crippen molar-refractivity contribution in [3.05, 3.63) is 65.6 Å². The van der Waals surface area contributed by atoms with Gasteiger partial charge in [-0.05, 0) is 55.8 Å². The third-order valence-electron chi connectivity index (χ3n) is 4.23. The molecule has 0 radical (unpaired) electrons. The molecule has 2 aromatic carbocycles. The van der Waals surface area contributed by atoms with Gasteiger partial charge < -0.3 is 10.1 Å². The Hall–Kier alpha value is -2.99. The number of ether oxygens (including phenoxy) is 1. The van der Waals surface area contributed by atoms with E-state index in [0.717, 1.165) is 37.7 Å². The summed E-state index contributed by atoms with van der Waals surface area (Å²) in [6, 6.07) is 14.3. The zero-order valence-corrected chi connectivity index (χ0v) is 15.8. The van der Waals surface area contributed by atoms with Crippen molar-refractivity contribution in [3.8, 4) is 16.9 Å². The second kappa shape index (κ2) is 7.32. The number of rotatable bonds is 5. The summed E-state index contributed by atoms with van der Waals surface area (Å²) in [5.74, 6) is 1.29. The maximum atomic E-state index is 13.2. The van der Waals surface area contributed by atoms with Gasteiger partial charge >= 0.3 is 0 Å². The molecule has 136 valence electrons. The molecular formula is C21H18FN3OS. The van der Waals surface area contributed by atoms with Gasteiger partial charge in [-0.25, -0.2) is 14.4 Å². The Bertz CT molecular complexity index is 1080. The topological polar surface area (TPSA) is 47.0 Å². The largest absolute Gasteiger partial charge is 0.494 e. The number of hydrogen-bond donors (Lipinski definition) is 1. The highest BCUT2D eigenvalue weighted by Gasteiger charge is 2.17. The van der Waals surface area contributed by atoms with Crippen LogP contribution in [0, 0.1) is 12.7 Å². The molecule has 4 rings (SSSR count). The van der Waals surface area contributed by atoms with E-state index in [1.807, 2.05) is 31.2 Å². The molecule has 0 aliphatic rings. The van der Waals surface area contributed by atoms with E-state index in [1.165, 1.54) is 12.1 Å². The third-order valence-corrected chi connectivity index (χ3v) is 5.24. The van der Waals surface area contributed by atoms with Crippen molar-refractivity contribution in [2.75, 3.05) is 11.9 Å². The van der Waals surface area contributed by atoms with Crippen molar-refractivity contribution in [2.24, 2.45) is 0 Å². The number of thiophene rings is 1. The van der Waals surface area contributed by atoms with Crippen LogP contribution in [0.5, 0.6) is 5.75 Å². The fourth-order valence-electron chi connectivity index (χ4n) is 3.04. The maximum Gasteiger partial charge on any atom is 0.143 e. The minimum absolute atomic E-state index is 0.269. The maximum absolute atomic E-state index is 13.2. The van der Waals surface area contributed by atoms with Crippen LogP contribution in [0.3, 0.4) is 0 Å². The van der Waals surface area contributed by atoms with E-state index in [0.29, 0.717) is 12.4 Å². The number of benzene rings is 2. The predicted molar refractivity (Wildman–Crippen MR) is 108 cm³/mol. The molecule has 0 atom stereocenters. The molecule has 27 heavy (non-hydrogen) atoms. The number of fused-ring (bicyclic) bond motifs is 1. The summed E-state index contributed by atoms with van der Waals surface area (Å²) in [5, 5.41) is 4.26. The van der Waals surface area contributed by atoms with Crippen LogP contribution in [-0.2, 0) is 0 Å². The van der Waals surface area contributed by atoms with E-state index >= 15 is 0 Å². The lowest BCUT2D eigenvalue weighted by atomic mass is 10.0. The van der Waals surface area contributed by atoms with Crippen LogP contribution in [0.2, 0.25) is 0 Å². The molecule has 0 amide bonds. The molecule has 2 heterocycles. The lowest BCUT2D eigenvalue weighted by Gasteiger charge is -2.10. The van der Waals surface area contributed by atoms with Crippen LogP contribution in [0.25, 0.3) is 21.3 Å². The molecular weight excluding hydrogens is 361 g/mol. The number of anilines is 2. The molecule has 0 aliphatic heterocycles. The minimum atomic E-state index is -0.269. The van der Waals surface area contributed by atoms with Gasteiger partial charge in [0.25, 0.3) is 0 Å². The zero-order chi connectivity index (χ0) is 18.8. The van der Waals surface area contributed by atoms with Gasteiger partial charge in [0.1, 0.15) is 28.5 Å². The first kappa shape index (κ1) is 17.4. The van der Waals surface area contributed by atoms with Crippen molar-refractivity contribution in [1.29, 1.82) is 0 Å². The van der Waals surface area contributed by atoms with E-state index in [4.69, 9.17) is 4.74 Å². The zero-order valence-electron chi connectivity index (χ0n) is 15.0. The summed E-state index contributed by atoms with van der Waals surface area (Å²) in [6.07, 6.45) is 1.55. The normalized spacial score (nSPS) is 10.9. The molecule has 4 nitrogen and oxygen atoms in total. The number of aromatic nitrogens is 2.